The molecule has 1 aromatic carbocycles. The van der Waals surface area contributed by atoms with Crippen LogP contribution in [0.4, 0.5) is 4.39 Å². The minimum absolute atomic E-state index is 0.0768. The molecule has 0 aliphatic heterocycles. The van der Waals surface area contributed by atoms with E-state index < -0.39 is 0 Å². The lowest BCUT2D eigenvalue weighted by atomic mass is 10.2. The van der Waals surface area contributed by atoms with Gasteiger partial charge in [-0.2, -0.15) is 5.10 Å². The highest BCUT2D eigenvalue weighted by Gasteiger charge is 2.12. The van der Waals surface area contributed by atoms with Crippen molar-refractivity contribution in [1.29, 1.82) is 0 Å². The van der Waals surface area contributed by atoms with Crippen molar-refractivity contribution >= 4 is 23.0 Å². The van der Waals surface area contributed by atoms with Gasteiger partial charge in [0.25, 0.3) is 0 Å². The van der Waals surface area contributed by atoms with E-state index in [4.69, 9.17) is 5.73 Å². The van der Waals surface area contributed by atoms with E-state index in [1.165, 1.54) is 12.1 Å². The van der Waals surface area contributed by atoms with E-state index in [2.05, 4.69) is 33.1 Å². The molecule has 1 aromatic heterocycles. The van der Waals surface area contributed by atoms with E-state index in [1.807, 2.05) is 6.92 Å². The molecule has 3 N–H and O–H groups in total. The Hall–Kier alpha value is -2.35. The maximum atomic E-state index is 12.9. The number of rotatable bonds is 3. The molecule has 8 heteroatoms. The quantitative estimate of drug-likeness (QED) is 0.506. The lowest BCUT2D eigenvalue weighted by Crippen LogP contribution is -2.25. The Bertz CT molecular complexity index is 661. The molecule has 0 aliphatic carbocycles. The minimum Gasteiger partial charge on any atom is -0.375 e. The molecule has 0 amide bonds. The van der Waals surface area contributed by atoms with Crippen LogP contribution in [0.25, 0.3) is 5.69 Å². The number of benzene rings is 1. The highest BCUT2D eigenvalue weighted by atomic mass is 32.1. The number of halogens is 1. The SMILES string of the molecule is C/C(=N\NC(N)=S)c1nnn(-c2ccc(F)cc2)c1C. The number of hydrogen-bond acceptors (Lipinski definition) is 4. The third-order valence-corrected chi connectivity index (χ3v) is 2.73. The molecule has 20 heavy (non-hydrogen) atoms. The second kappa shape index (κ2) is 5.74. The van der Waals surface area contributed by atoms with Crippen molar-refractivity contribution in [2.24, 2.45) is 10.8 Å². The van der Waals surface area contributed by atoms with Gasteiger partial charge >= 0.3 is 0 Å². The Morgan fingerprint density at radius 2 is 2.05 bits per heavy atom. The average molecular weight is 292 g/mol. The Kier molecular flexibility index (Phi) is 4.04. The van der Waals surface area contributed by atoms with Gasteiger partial charge in [0.15, 0.2) is 5.11 Å². The molecule has 1 heterocycles. The monoisotopic (exact) mass is 292 g/mol. The van der Waals surface area contributed by atoms with Crippen LogP contribution in [-0.4, -0.2) is 25.8 Å². The Labute approximate surface area is 120 Å². The van der Waals surface area contributed by atoms with E-state index in [0.29, 0.717) is 11.4 Å². The molecule has 0 radical (unpaired) electrons. The first-order valence-electron chi connectivity index (χ1n) is 5.77. The van der Waals surface area contributed by atoms with Crippen LogP contribution < -0.4 is 11.2 Å². The van der Waals surface area contributed by atoms with Crippen LogP contribution in [0, 0.1) is 12.7 Å². The summed E-state index contributed by atoms with van der Waals surface area (Å²) >= 11 is 4.67. The van der Waals surface area contributed by atoms with Crippen LogP contribution in [0.2, 0.25) is 0 Å². The molecule has 0 saturated carbocycles. The van der Waals surface area contributed by atoms with E-state index in [-0.39, 0.29) is 10.9 Å². The topological polar surface area (TPSA) is 81.1 Å². The predicted octanol–water partition coefficient (Wildman–Crippen LogP) is 1.27. The van der Waals surface area contributed by atoms with Gasteiger partial charge in [0.05, 0.1) is 17.1 Å². The maximum Gasteiger partial charge on any atom is 0.184 e. The Morgan fingerprint density at radius 3 is 2.65 bits per heavy atom. The van der Waals surface area contributed by atoms with E-state index in [0.717, 1.165) is 11.4 Å². The number of nitrogens with one attached hydrogen (secondary N) is 1. The number of hydrazone groups is 1. The molecule has 0 aliphatic rings. The van der Waals surface area contributed by atoms with Gasteiger partial charge in [-0.15, -0.1) is 5.10 Å². The van der Waals surface area contributed by atoms with Crippen molar-refractivity contribution in [2.75, 3.05) is 0 Å². The zero-order chi connectivity index (χ0) is 14.7. The highest BCUT2D eigenvalue weighted by molar-refractivity contribution is 7.80. The van der Waals surface area contributed by atoms with Crippen LogP contribution in [0.1, 0.15) is 18.3 Å². The zero-order valence-electron chi connectivity index (χ0n) is 11.0. The first kappa shape index (κ1) is 14.1. The molecular weight excluding hydrogens is 279 g/mol. The standard InChI is InChI=1S/C12H13FN6S/c1-7(15-17-12(14)20)11-8(2)19(18-16-11)10-5-3-9(13)4-6-10/h3-6H,1-2H3,(H3,14,17,20)/b15-7+. The summed E-state index contributed by atoms with van der Waals surface area (Å²) in [6.45, 7) is 3.61. The van der Waals surface area contributed by atoms with Gasteiger partial charge < -0.3 is 5.73 Å². The number of nitrogens with zero attached hydrogens (tertiary/aromatic N) is 4. The normalized spacial score (nSPS) is 11.4. The van der Waals surface area contributed by atoms with Crippen LogP contribution in [-0.2, 0) is 0 Å². The van der Waals surface area contributed by atoms with Gasteiger partial charge in [-0.05, 0) is 50.3 Å². The maximum absolute atomic E-state index is 12.9. The first-order chi connectivity index (χ1) is 9.49. The average Bonchev–Trinajstić information content (AvgIpc) is 2.79. The van der Waals surface area contributed by atoms with E-state index in [1.54, 1.807) is 23.7 Å². The van der Waals surface area contributed by atoms with Crippen molar-refractivity contribution < 1.29 is 4.39 Å². The molecular formula is C12H13FN6S. The fourth-order valence-corrected chi connectivity index (χ4v) is 1.73. The van der Waals surface area contributed by atoms with Gasteiger partial charge in [-0.3, -0.25) is 5.43 Å². The Morgan fingerprint density at radius 1 is 1.40 bits per heavy atom. The van der Waals surface area contributed by atoms with Crippen molar-refractivity contribution in [3.63, 3.8) is 0 Å². The van der Waals surface area contributed by atoms with Gasteiger partial charge in [0.1, 0.15) is 11.5 Å². The summed E-state index contributed by atoms with van der Waals surface area (Å²) < 4.78 is 14.5. The summed E-state index contributed by atoms with van der Waals surface area (Å²) in [6.07, 6.45) is 0. The van der Waals surface area contributed by atoms with Crippen LogP contribution in [0.3, 0.4) is 0 Å². The summed E-state index contributed by atoms with van der Waals surface area (Å²) in [7, 11) is 0. The molecule has 0 atom stereocenters. The van der Waals surface area contributed by atoms with Crippen molar-refractivity contribution in [3.05, 3.63) is 41.5 Å². The summed E-state index contributed by atoms with van der Waals surface area (Å²) in [6, 6.07) is 5.98. The van der Waals surface area contributed by atoms with Crippen LogP contribution >= 0.6 is 12.2 Å². The lowest BCUT2D eigenvalue weighted by molar-refractivity contribution is 0.626. The molecule has 0 bridgehead atoms. The van der Waals surface area contributed by atoms with Gasteiger partial charge in [0, 0.05) is 0 Å². The summed E-state index contributed by atoms with van der Waals surface area (Å²) in [4.78, 5) is 0. The van der Waals surface area contributed by atoms with E-state index in [9.17, 15) is 4.39 Å². The molecule has 2 rings (SSSR count). The van der Waals surface area contributed by atoms with Gasteiger partial charge in [0.2, 0.25) is 0 Å². The number of thiocarbonyl (C=S) groups is 1. The number of nitrogens with two attached hydrogens (primary N) is 1. The second-order valence-electron chi connectivity index (χ2n) is 4.08. The molecule has 0 saturated heterocycles. The predicted molar refractivity (Wildman–Crippen MR) is 78.2 cm³/mol. The Balaban J connectivity index is 2.34. The second-order valence-corrected chi connectivity index (χ2v) is 4.52. The summed E-state index contributed by atoms with van der Waals surface area (Å²) in [5.41, 5.74) is 10.5. The van der Waals surface area contributed by atoms with Crippen molar-refractivity contribution in [2.45, 2.75) is 13.8 Å². The minimum atomic E-state index is -0.301. The third kappa shape index (κ3) is 2.97. The molecule has 0 fully saturated rings. The summed E-state index contributed by atoms with van der Waals surface area (Å²) in [5.74, 6) is -0.301. The lowest BCUT2D eigenvalue weighted by Gasteiger charge is -2.03. The molecule has 104 valence electrons. The number of aromatic nitrogens is 3. The smallest absolute Gasteiger partial charge is 0.184 e. The molecule has 6 nitrogen and oxygen atoms in total. The third-order valence-electron chi connectivity index (χ3n) is 2.64. The molecule has 0 unspecified atom stereocenters. The largest absolute Gasteiger partial charge is 0.375 e. The zero-order valence-corrected chi connectivity index (χ0v) is 11.8. The summed E-state index contributed by atoms with van der Waals surface area (Å²) in [5, 5.41) is 12.2. The molecule has 2 aromatic rings. The number of hydrogen-bond donors (Lipinski definition) is 2. The first-order valence-corrected chi connectivity index (χ1v) is 6.18. The van der Waals surface area contributed by atoms with Gasteiger partial charge in [-0.25, -0.2) is 9.07 Å². The fraction of sp³-hybridized carbons (Fsp3) is 0.167. The van der Waals surface area contributed by atoms with Crippen LogP contribution in [0.15, 0.2) is 29.4 Å². The van der Waals surface area contributed by atoms with Gasteiger partial charge in [-0.1, -0.05) is 5.21 Å². The van der Waals surface area contributed by atoms with Crippen molar-refractivity contribution in [1.82, 2.24) is 20.4 Å². The van der Waals surface area contributed by atoms with Crippen LogP contribution in [0.5, 0.6) is 0 Å². The fourth-order valence-electron chi connectivity index (χ4n) is 1.68. The van der Waals surface area contributed by atoms with E-state index >= 15 is 0 Å². The highest BCUT2D eigenvalue weighted by Crippen LogP contribution is 2.13. The molecule has 0 spiro atoms. The van der Waals surface area contributed by atoms with Crippen molar-refractivity contribution in [3.8, 4) is 5.69 Å².